The first-order valence-corrected chi connectivity index (χ1v) is 9.58. The lowest BCUT2D eigenvalue weighted by atomic mass is 9.78. The fourth-order valence-electron chi connectivity index (χ4n) is 4.75. The van der Waals surface area contributed by atoms with Crippen LogP contribution in [0.15, 0.2) is 24.3 Å². The van der Waals surface area contributed by atoms with Crippen molar-refractivity contribution in [2.75, 3.05) is 19.8 Å². The van der Waals surface area contributed by atoms with Crippen molar-refractivity contribution >= 4 is 0 Å². The number of nitrogens with one attached hydrogen (secondary N) is 1. The maximum absolute atomic E-state index is 13.3. The fourth-order valence-corrected chi connectivity index (χ4v) is 4.75. The van der Waals surface area contributed by atoms with Crippen LogP contribution >= 0.6 is 0 Å². The number of halogens is 1. The van der Waals surface area contributed by atoms with Crippen molar-refractivity contribution in [1.29, 1.82) is 0 Å². The Bertz CT molecular complexity index is 548. The van der Waals surface area contributed by atoms with Gasteiger partial charge in [0.1, 0.15) is 5.82 Å². The lowest BCUT2D eigenvalue weighted by Gasteiger charge is -2.50. The molecule has 0 saturated carbocycles. The van der Waals surface area contributed by atoms with Crippen molar-refractivity contribution in [3.63, 3.8) is 0 Å². The van der Waals surface area contributed by atoms with Crippen LogP contribution in [-0.2, 0) is 11.3 Å². The van der Waals surface area contributed by atoms with Gasteiger partial charge in [0.2, 0.25) is 0 Å². The summed E-state index contributed by atoms with van der Waals surface area (Å²) in [6.45, 7) is 12.9. The number of hydrogen-bond donors (Lipinski definition) is 1. The minimum Gasteiger partial charge on any atom is -0.381 e. The van der Waals surface area contributed by atoms with Gasteiger partial charge < -0.3 is 10.1 Å². The standard InChI is InChI=1S/C21H33FN2O/c1-20(2)11-19(12-21(3,4)23-20)24(14-17-9-10-25-15-17)13-16-5-7-18(22)8-6-16/h5-8,17,19,23H,9-15H2,1-4H3/t17-/m1/s1. The summed E-state index contributed by atoms with van der Waals surface area (Å²) >= 11 is 0. The Morgan fingerprint density at radius 1 is 1.12 bits per heavy atom. The van der Waals surface area contributed by atoms with Crippen LogP contribution in [0.3, 0.4) is 0 Å². The molecule has 1 aromatic carbocycles. The zero-order valence-electron chi connectivity index (χ0n) is 16.1. The zero-order valence-corrected chi connectivity index (χ0v) is 16.1. The third kappa shape index (κ3) is 5.25. The molecule has 0 spiro atoms. The first-order valence-electron chi connectivity index (χ1n) is 9.58. The molecule has 1 atom stereocenters. The van der Waals surface area contributed by atoms with Crippen molar-refractivity contribution in [3.8, 4) is 0 Å². The van der Waals surface area contributed by atoms with E-state index in [1.165, 1.54) is 5.56 Å². The molecule has 2 fully saturated rings. The molecular formula is C21H33FN2O. The molecule has 2 heterocycles. The van der Waals surface area contributed by atoms with E-state index in [9.17, 15) is 4.39 Å². The van der Waals surface area contributed by atoms with Gasteiger partial charge in [0.15, 0.2) is 0 Å². The van der Waals surface area contributed by atoms with Gasteiger partial charge in [-0.3, -0.25) is 4.90 Å². The van der Waals surface area contributed by atoms with Crippen molar-refractivity contribution < 1.29 is 9.13 Å². The molecule has 3 rings (SSSR count). The average Bonchev–Trinajstić information content (AvgIpc) is 2.98. The van der Waals surface area contributed by atoms with Gasteiger partial charge >= 0.3 is 0 Å². The van der Waals surface area contributed by atoms with Gasteiger partial charge in [-0.05, 0) is 70.6 Å². The second-order valence-electron chi connectivity index (χ2n) is 9.24. The molecule has 1 aromatic rings. The highest BCUT2D eigenvalue weighted by molar-refractivity contribution is 5.16. The Morgan fingerprint density at radius 2 is 1.76 bits per heavy atom. The largest absolute Gasteiger partial charge is 0.381 e. The van der Waals surface area contributed by atoms with Crippen molar-refractivity contribution in [3.05, 3.63) is 35.6 Å². The van der Waals surface area contributed by atoms with Crippen LogP contribution in [0.4, 0.5) is 4.39 Å². The summed E-state index contributed by atoms with van der Waals surface area (Å²) < 4.78 is 18.9. The van der Waals surface area contributed by atoms with E-state index in [-0.39, 0.29) is 16.9 Å². The van der Waals surface area contributed by atoms with Gasteiger partial charge in [0, 0.05) is 36.8 Å². The number of ether oxygens (including phenoxy) is 1. The molecule has 0 aromatic heterocycles. The molecule has 0 aliphatic carbocycles. The van der Waals surface area contributed by atoms with Crippen LogP contribution in [0.1, 0.15) is 52.5 Å². The molecule has 4 heteroatoms. The second kappa shape index (κ2) is 7.34. The summed E-state index contributed by atoms with van der Waals surface area (Å²) in [6.07, 6.45) is 3.41. The van der Waals surface area contributed by atoms with Crippen LogP contribution in [0.25, 0.3) is 0 Å². The SMILES string of the molecule is CC1(C)CC(N(Cc2ccc(F)cc2)C[C@H]2CCOC2)CC(C)(C)N1. The normalized spacial score (nSPS) is 26.2. The fraction of sp³-hybridized carbons (Fsp3) is 0.714. The predicted octanol–water partition coefficient (Wildman–Crippen LogP) is 3.97. The lowest BCUT2D eigenvalue weighted by molar-refractivity contribution is 0.0493. The molecule has 0 radical (unpaired) electrons. The predicted molar refractivity (Wildman–Crippen MR) is 100 cm³/mol. The Morgan fingerprint density at radius 3 is 2.32 bits per heavy atom. The minimum atomic E-state index is -0.163. The Hall–Kier alpha value is -0.970. The number of rotatable bonds is 5. The Labute approximate surface area is 151 Å². The molecule has 0 unspecified atom stereocenters. The molecule has 2 aliphatic heterocycles. The summed E-state index contributed by atoms with van der Waals surface area (Å²) in [5.41, 5.74) is 1.44. The van der Waals surface area contributed by atoms with Gasteiger partial charge in [-0.2, -0.15) is 0 Å². The van der Waals surface area contributed by atoms with E-state index < -0.39 is 0 Å². The summed E-state index contributed by atoms with van der Waals surface area (Å²) in [5, 5.41) is 3.78. The second-order valence-corrected chi connectivity index (χ2v) is 9.24. The first-order chi connectivity index (χ1) is 11.7. The smallest absolute Gasteiger partial charge is 0.123 e. The molecule has 140 valence electrons. The highest BCUT2D eigenvalue weighted by atomic mass is 19.1. The zero-order chi connectivity index (χ0) is 18.1. The van der Waals surface area contributed by atoms with Gasteiger partial charge in [-0.1, -0.05) is 12.1 Å². The highest BCUT2D eigenvalue weighted by Crippen LogP contribution is 2.33. The summed E-state index contributed by atoms with van der Waals surface area (Å²) in [6, 6.07) is 7.51. The quantitative estimate of drug-likeness (QED) is 0.871. The third-order valence-corrected chi connectivity index (χ3v) is 5.50. The third-order valence-electron chi connectivity index (χ3n) is 5.50. The summed E-state index contributed by atoms with van der Waals surface area (Å²) in [4.78, 5) is 2.62. The minimum absolute atomic E-state index is 0.125. The van der Waals surface area contributed by atoms with E-state index in [0.29, 0.717) is 12.0 Å². The van der Waals surface area contributed by atoms with Crippen molar-refractivity contribution in [2.45, 2.75) is 70.6 Å². The van der Waals surface area contributed by atoms with Crippen LogP contribution < -0.4 is 5.32 Å². The molecule has 3 nitrogen and oxygen atoms in total. The molecule has 1 N–H and O–H groups in total. The highest BCUT2D eigenvalue weighted by Gasteiger charge is 2.40. The van der Waals surface area contributed by atoms with Crippen molar-refractivity contribution in [1.82, 2.24) is 10.2 Å². The van der Waals surface area contributed by atoms with Crippen LogP contribution in [-0.4, -0.2) is 41.8 Å². The van der Waals surface area contributed by atoms with Crippen molar-refractivity contribution in [2.24, 2.45) is 5.92 Å². The topological polar surface area (TPSA) is 24.5 Å². The molecule has 0 amide bonds. The maximum atomic E-state index is 13.3. The molecule has 2 saturated heterocycles. The number of nitrogens with zero attached hydrogens (tertiary/aromatic N) is 1. The number of benzene rings is 1. The number of piperidine rings is 1. The van der Waals surface area contributed by atoms with E-state index in [1.54, 1.807) is 12.1 Å². The molecular weight excluding hydrogens is 315 g/mol. The Balaban J connectivity index is 1.77. The van der Waals surface area contributed by atoms with E-state index in [1.807, 2.05) is 12.1 Å². The van der Waals surface area contributed by atoms with Crippen LogP contribution in [0.5, 0.6) is 0 Å². The molecule has 2 aliphatic rings. The van der Waals surface area contributed by atoms with Gasteiger partial charge in [-0.15, -0.1) is 0 Å². The first kappa shape index (κ1) is 18.8. The summed E-state index contributed by atoms with van der Waals surface area (Å²) in [7, 11) is 0. The Kier molecular flexibility index (Phi) is 5.52. The lowest BCUT2D eigenvalue weighted by Crippen LogP contribution is -2.62. The van der Waals surface area contributed by atoms with E-state index in [0.717, 1.165) is 45.6 Å². The number of hydrogen-bond acceptors (Lipinski definition) is 3. The monoisotopic (exact) mass is 348 g/mol. The van der Waals surface area contributed by atoms with Gasteiger partial charge in [0.05, 0.1) is 6.61 Å². The molecule has 0 bridgehead atoms. The van der Waals surface area contributed by atoms with E-state index >= 15 is 0 Å². The van der Waals surface area contributed by atoms with Crippen LogP contribution in [0, 0.1) is 11.7 Å². The van der Waals surface area contributed by atoms with Crippen LogP contribution in [0.2, 0.25) is 0 Å². The van der Waals surface area contributed by atoms with Gasteiger partial charge in [-0.25, -0.2) is 4.39 Å². The maximum Gasteiger partial charge on any atom is 0.123 e. The summed E-state index contributed by atoms with van der Waals surface area (Å²) in [5.74, 6) is 0.449. The van der Waals surface area contributed by atoms with E-state index in [4.69, 9.17) is 4.74 Å². The van der Waals surface area contributed by atoms with Gasteiger partial charge in [0.25, 0.3) is 0 Å². The molecule has 25 heavy (non-hydrogen) atoms. The average molecular weight is 349 g/mol. The van der Waals surface area contributed by atoms with E-state index in [2.05, 4.69) is 37.9 Å².